The molecule has 2 atom stereocenters. The Labute approximate surface area is 87.9 Å². The molecule has 1 aromatic carbocycles. The lowest BCUT2D eigenvalue weighted by Gasteiger charge is -2.12. The zero-order valence-electron chi connectivity index (χ0n) is 8.31. The van der Waals surface area contributed by atoms with Crippen molar-refractivity contribution < 1.29 is 14.7 Å². The van der Waals surface area contributed by atoms with Gasteiger partial charge in [-0.3, -0.25) is 9.59 Å². The number of hydrogen-bond acceptors (Lipinski definition) is 3. The molecule has 0 fully saturated rings. The van der Waals surface area contributed by atoms with Crippen molar-refractivity contribution >= 4 is 12.2 Å². The van der Waals surface area contributed by atoms with E-state index in [0.717, 1.165) is 0 Å². The molecule has 1 amide bonds. The van der Waals surface area contributed by atoms with Crippen LogP contribution in [0.15, 0.2) is 30.3 Å². The molecule has 1 unspecified atom stereocenters. The van der Waals surface area contributed by atoms with E-state index in [1.54, 1.807) is 36.6 Å². The van der Waals surface area contributed by atoms with Gasteiger partial charge in [0, 0.05) is 0 Å². The summed E-state index contributed by atoms with van der Waals surface area (Å²) in [6.07, 6.45) is 0.361. The van der Waals surface area contributed by atoms with Gasteiger partial charge in [-0.1, -0.05) is 30.3 Å². The number of rotatable bonds is 4. The maximum Gasteiger partial charge on any atom is 0.254 e. The smallest absolute Gasteiger partial charge is 0.254 e. The van der Waals surface area contributed by atoms with Gasteiger partial charge in [0.15, 0.2) is 6.10 Å². The molecule has 0 saturated heterocycles. The van der Waals surface area contributed by atoms with Gasteiger partial charge in [0.25, 0.3) is 5.91 Å². The molecule has 0 bridgehead atoms. The van der Waals surface area contributed by atoms with Crippen molar-refractivity contribution in [3.05, 3.63) is 35.9 Å². The third-order valence-corrected chi connectivity index (χ3v) is 1.90. The highest BCUT2D eigenvalue weighted by atomic mass is 16.3. The fourth-order valence-electron chi connectivity index (χ4n) is 1.11. The molecule has 2 N–H and O–H groups in total. The zero-order chi connectivity index (χ0) is 11.3. The molecule has 15 heavy (non-hydrogen) atoms. The monoisotopic (exact) mass is 206 g/mol. The van der Waals surface area contributed by atoms with Crippen LogP contribution in [0.25, 0.3) is 0 Å². The van der Waals surface area contributed by atoms with Crippen molar-refractivity contribution in [2.75, 3.05) is 0 Å². The van der Waals surface area contributed by atoms with E-state index in [2.05, 4.69) is 5.32 Å². The molecule has 79 valence electrons. The Hall–Kier alpha value is -1.68. The van der Waals surface area contributed by atoms with Gasteiger partial charge in [0.05, 0.1) is 6.04 Å². The number of carbonyl (C=O) groups is 1. The second-order valence-electron chi connectivity index (χ2n) is 3.16. The number of aliphatic hydroxyl groups excluding tert-OH is 1. The second-order valence-corrected chi connectivity index (χ2v) is 3.16. The van der Waals surface area contributed by atoms with Gasteiger partial charge in [-0.15, -0.1) is 0 Å². The molecule has 4 nitrogen and oxygen atoms in total. The lowest BCUT2D eigenvalue weighted by Crippen LogP contribution is -2.37. The highest BCUT2D eigenvalue weighted by Crippen LogP contribution is 2.11. The first-order valence-electron chi connectivity index (χ1n) is 4.56. The largest absolute Gasteiger partial charge is 0.378 e. The number of carbonyl (C=O) groups excluding carboxylic acids is 2. The lowest BCUT2D eigenvalue weighted by molar-refractivity contribution is -0.129. The minimum absolute atomic E-state index is 0.494. The van der Waals surface area contributed by atoms with E-state index >= 15 is 0 Å². The van der Waals surface area contributed by atoms with E-state index in [9.17, 15) is 14.7 Å². The van der Waals surface area contributed by atoms with Gasteiger partial charge in [0.1, 0.15) is 0 Å². The Balaban J connectivity index is 2.65. The Bertz CT molecular complexity index is 337. The van der Waals surface area contributed by atoms with Crippen molar-refractivity contribution in [3.63, 3.8) is 0 Å². The van der Waals surface area contributed by atoms with E-state index in [4.69, 9.17) is 0 Å². The van der Waals surface area contributed by atoms with Crippen molar-refractivity contribution in [2.45, 2.75) is 19.1 Å². The summed E-state index contributed by atoms with van der Waals surface area (Å²) < 4.78 is 0. The molecule has 0 aliphatic heterocycles. The average Bonchev–Trinajstić information content (AvgIpc) is 2.29. The van der Waals surface area contributed by atoms with Crippen LogP contribution in [-0.4, -0.2) is 23.3 Å². The van der Waals surface area contributed by atoms with Gasteiger partial charge in [-0.2, -0.15) is 0 Å². The summed E-state index contributed by atoms with van der Waals surface area (Å²) in [6.45, 7) is 1.49. The molecule has 1 rings (SSSR count). The van der Waals surface area contributed by atoms with E-state index < -0.39 is 18.1 Å². The second kappa shape index (κ2) is 5.26. The summed E-state index contributed by atoms with van der Waals surface area (Å²) in [7, 11) is 0. The summed E-state index contributed by atoms with van der Waals surface area (Å²) in [5, 5.41) is 11.9. The molecule has 1 aromatic rings. The summed E-state index contributed by atoms with van der Waals surface area (Å²) >= 11 is 0. The van der Waals surface area contributed by atoms with E-state index in [1.165, 1.54) is 6.92 Å². The van der Waals surface area contributed by atoms with Crippen LogP contribution in [-0.2, 0) is 9.59 Å². The van der Waals surface area contributed by atoms with Crippen LogP contribution < -0.4 is 5.32 Å². The fourth-order valence-corrected chi connectivity index (χ4v) is 1.11. The van der Waals surface area contributed by atoms with Crippen LogP contribution in [0.1, 0.15) is 18.6 Å². The van der Waals surface area contributed by atoms with Gasteiger partial charge in [0.2, 0.25) is 6.29 Å². The van der Waals surface area contributed by atoms with E-state index in [-0.39, 0.29) is 0 Å². The predicted molar refractivity (Wildman–Crippen MR) is 54.7 cm³/mol. The zero-order valence-corrected chi connectivity index (χ0v) is 8.31. The summed E-state index contributed by atoms with van der Waals surface area (Å²) in [6, 6.07) is 7.80. The SMILES string of the molecule is C[C@@H]([C]=O)NC(=O)C(O)c1ccccc1. The normalized spacial score (nSPS) is 14.0. The van der Waals surface area contributed by atoms with Crippen LogP contribution in [0.2, 0.25) is 0 Å². The molecule has 0 aromatic heterocycles. The summed E-state index contributed by atoms with van der Waals surface area (Å²) in [5.41, 5.74) is 0.494. The Morgan fingerprint density at radius 2 is 2.00 bits per heavy atom. The average molecular weight is 206 g/mol. The van der Waals surface area contributed by atoms with E-state index in [1.807, 2.05) is 0 Å². The minimum Gasteiger partial charge on any atom is -0.378 e. The maximum atomic E-state index is 11.4. The Morgan fingerprint density at radius 3 is 2.53 bits per heavy atom. The maximum absolute atomic E-state index is 11.4. The number of amides is 1. The van der Waals surface area contributed by atoms with Crippen molar-refractivity contribution in [1.29, 1.82) is 0 Å². The molecule has 0 aliphatic rings. The van der Waals surface area contributed by atoms with Gasteiger partial charge in [-0.25, -0.2) is 0 Å². The number of hydrogen-bond donors (Lipinski definition) is 2. The molecule has 0 saturated carbocycles. The van der Waals surface area contributed by atoms with Crippen LogP contribution in [0, 0.1) is 0 Å². The molecule has 0 heterocycles. The fraction of sp³-hybridized carbons (Fsp3) is 0.273. The first-order chi connectivity index (χ1) is 7.15. The van der Waals surface area contributed by atoms with Gasteiger partial charge in [-0.05, 0) is 12.5 Å². The van der Waals surface area contributed by atoms with Crippen molar-refractivity contribution in [2.24, 2.45) is 0 Å². The lowest BCUT2D eigenvalue weighted by atomic mass is 10.1. The number of nitrogens with one attached hydrogen (secondary N) is 1. The number of benzene rings is 1. The predicted octanol–water partition coefficient (Wildman–Crippen LogP) is 0.334. The highest BCUT2D eigenvalue weighted by molar-refractivity contribution is 5.84. The van der Waals surface area contributed by atoms with E-state index in [0.29, 0.717) is 5.56 Å². The molecular weight excluding hydrogens is 194 g/mol. The van der Waals surface area contributed by atoms with Crippen LogP contribution >= 0.6 is 0 Å². The van der Waals surface area contributed by atoms with Crippen LogP contribution in [0.3, 0.4) is 0 Å². The van der Waals surface area contributed by atoms with Crippen LogP contribution in [0.5, 0.6) is 0 Å². The quantitative estimate of drug-likeness (QED) is 0.746. The van der Waals surface area contributed by atoms with Crippen molar-refractivity contribution in [1.82, 2.24) is 5.32 Å². The van der Waals surface area contributed by atoms with Gasteiger partial charge >= 0.3 is 0 Å². The van der Waals surface area contributed by atoms with Crippen molar-refractivity contribution in [3.8, 4) is 0 Å². The third-order valence-electron chi connectivity index (χ3n) is 1.90. The number of aliphatic hydroxyl groups is 1. The highest BCUT2D eigenvalue weighted by Gasteiger charge is 2.18. The molecule has 4 heteroatoms. The van der Waals surface area contributed by atoms with Crippen LogP contribution in [0.4, 0.5) is 0 Å². The summed E-state index contributed by atoms with van der Waals surface area (Å²) in [4.78, 5) is 21.6. The first kappa shape index (κ1) is 11.4. The Kier molecular flexibility index (Phi) is 4.00. The molecule has 0 spiro atoms. The minimum atomic E-state index is -1.25. The molecule has 1 radical (unpaired) electrons. The first-order valence-corrected chi connectivity index (χ1v) is 4.56. The topological polar surface area (TPSA) is 66.4 Å². The summed E-state index contributed by atoms with van der Waals surface area (Å²) in [5.74, 6) is -0.600. The third kappa shape index (κ3) is 3.18. The Morgan fingerprint density at radius 1 is 1.40 bits per heavy atom. The van der Waals surface area contributed by atoms with Gasteiger partial charge < -0.3 is 10.4 Å². The molecular formula is C11H12NO3. The standard InChI is InChI=1S/C11H12NO3/c1-8(7-13)12-11(15)10(14)9-5-3-2-4-6-9/h2-6,8,10,14H,1H3,(H,12,15)/t8-,10?/m0/s1. The molecule has 0 aliphatic carbocycles.